The zero-order valence-corrected chi connectivity index (χ0v) is 13.9. The Labute approximate surface area is 142 Å². The van der Waals surface area contributed by atoms with E-state index < -0.39 is 0 Å². The predicted molar refractivity (Wildman–Crippen MR) is 93.1 cm³/mol. The normalized spacial score (nSPS) is 16.0. The van der Waals surface area contributed by atoms with Crippen molar-refractivity contribution in [3.63, 3.8) is 0 Å². The maximum Gasteiger partial charge on any atom is 0.223 e. The number of phenolic OH excluding ortho intramolecular Hbond substituents is 1. The third-order valence-corrected chi connectivity index (χ3v) is 4.59. The minimum atomic E-state index is -0.151. The number of carbonyl (C=O) groups is 1. The molecule has 2 aromatic carbocycles. The summed E-state index contributed by atoms with van der Waals surface area (Å²) < 4.78 is 5.33. The minimum Gasteiger partial charge on any atom is -0.507 e. The number of hydrogen-bond donors (Lipinski definition) is 1. The van der Waals surface area contributed by atoms with Crippen molar-refractivity contribution < 1.29 is 14.6 Å². The molecule has 4 nitrogen and oxygen atoms in total. The van der Waals surface area contributed by atoms with E-state index in [0.29, 0.717) is 32.7 Å². The van der Waals surface area contributed by atoms with Crippen molar-refractivity contribution in [2.24, 2.45) is 0 Å². The number of phenols is 1. The molecule has 0 aliphatic carbocycles. The van der Waals surface area contributed by atoms with Crippen LogP contribution in [0.3, 0.4) is 0 Å². The lowest BCUT2D eigenvalue weighted by Gasteiger charge is -2.29. The van der Waals surface area contributed by atoms with Crippen LogP contribution in [-0.2, 0) is 9.53 Å². The summed E-state index contributed by atoms with van der Waals surface area (Å²) in [6.07, 6.45) is 0.348. The quantitative estimate of drug-likeness (QED) is 0.940. The number of benzene rings is 2. The Bertz CT molecular complexity index is 693. The van der Waals surface area contributed by atoms with Gasteiger partial charge in [-0.1, -0.05) is 48.5 Å². The maximum atomic E-state index is 12.7. The number of amides is 1. The molecule has 0 aromatic heterocycles. The van der Waals surface area contributed by atoms with Crippen LogP contribution in [0.1, 0.15) is 29.0 Å². The molecule has 1 fully saturated rings. The maximum absolute atomic E-state index is 12.7. The summed E-state index contributed by atoms with van der Waals surface area (Å²) in [4.78, 5) is 14.6. The van der Waals surface area contributed by atoms with Crippen molar-refractivity contribution in [2.45, 2.75) is 19.3 Å². The third kappa shape index (κ3) is 3.60. The van der Waals surface area contributed by atoms with E-state index in [9.17, 15) is 9.90 Å². The topological polar surface area (TPSA) is 49.8 Å². The van der Waals surface area contributed by atoms with E-state index in [-0.39, 0.29) is 17.6 Å². The molecule has 0 bridgehead atoms. The van der Waals surface area contributed by atoms with Gasteiger partial charge in [0.25, 0.3) is 0 Å². The summed E-state index contributed by atoms with van der Waals surface area (Å²) >= 11 is 0. The molecule has 1 N–H and O–H groups in total. The summed E-state index contributed by atoms with van der Waals surface area (Å²) in [7, 11) is 0. The lowest BCUT2D eigenvalue weighted by molar-refractivity contribution is -0.135. The summed E-state index contributed by atoms with van der Waals surface area (Å²) in [6, 6.07) is 15.6. The van der Waals surface area contributed by atoms with Crippen LogP contribution in [0.2, 0.25) is 0 Å². The summed E-state index contributed by atoms with van der Waals surface area (Å²) in [5, 5.41) is 10.5. The number of para-hydroxylation sites is 1. The Kier molecular flexibility index (Phi) is 5.16. The van der Waals surface area contributed by atoms with Gasteiger partial charge in [-0.25, -0.2) is 0 Å². The standard InChI is InChI=1S/C20H23NO3/c1-15-6-5-9-17(20(15)23)18(16-7-3-2-4-8-16)14-19(22)21-10-12-24-13-11-21/h2-9,18,23H,10-14H2,1H3/t18-/m0/s1. The molecule has 1 heterocycles. The lowest BCUT2D eigenvalue weighted by atomic mass is 9.86. The SMILES string of the molecule is Cc1cccc([C@@H](CC(=O)N2CCOCC2)c2ccccc2)c1O. The minimum absolute atomic E-state index is 0.105. The van der Waals surface area contributed by atoms with Gasteiger partial charge in [-0.3, -0.25) is 4.79 Å². The van der Waals surface area contributed by atoms with Crippen LogP contribution < -0.4 is 0 Å². The van der Waals surface area contributed by atoms with Gasteiger partial charge in [0.2, 0.25) is 5.91 Å². The van der Waals surface area contributed by atoms with E-state index >= 15 is 0 Å². The van der Waals surface area contributed by atoms with Gasteiger partial charge in [-0.05, 0) is 18.1 Å². The second-order valence-electron chi connectivity index (χ2n) is 6.17. The number of rotatable bonds is 4. The van der Waals surface area contributed by atoms with Crippen molar-refractivity contribution in [1.82, 2.24) is 4.90 Å². The number of hydrogen-bond acceptors (Lipinski definition) is 3. The summed E-state index contributed by atoms with van der Waals surface area (Å²) in [5.41, 5.74) is 2.68. The molecule has 24 heavy (non-hydrogen) atoms. The average Bonchev–Trinajstić information content (AvgIpc) is 2.63. The van der Waals surface area contributed by atoms with E-state index in [1.807, 2.05) is 60.4 Å². The van der Waals surface area contributed by atoms with Crippen LogP contribution in [0, 0.1) is 6.92 Å². The van der Waals surface area contributed by atoms with Crippen molar-refractivity contribution in [3.8, 4) is 5.75 Å². The molecule has 4 heteroatoms. The number of carbonyl (C=O) groups excluding carboxylic acids is 1. The average molecular weight is 325 g/mol. The highest BCUT2D eigenvalue weighted by Crippen LogP contribution is 2.36. The number of aryl methyl sites for hydroxylation is 1. The van der Waals surface area contributed by atoms with Gasteiger partial charge >= 0.3 is 0 Å². The van der Waals surface area contributed by atoms with Crippen LogP contribution in [0.25, 0.3) is 0 Å². The Hall–Kier alpha value is -2.33. The van der Waals surface area contributed by atoms with Gasteiger partial charge in [0, 0.05) is 31.0 Å². The van der Waals surface area contributed by atoms with Crippen LogP contribution >= 0.6 is 0 Å². The molecule has 1 aliphatic rings. The van der Waals surface area contributed by atoms with Gasteiger partial charge < -0.3 is 14.7 Å². The Morgan fingerprint density at radius 2 is 1.83 bits per heavy atom. The molecule has 3 rings (SSSR count). The van der Waals surface area contributed by atoms with Gasteiger partial charge in [0.15, 0.2) is 0 Å². The molecule has 0 unspecified atom stereocenters. The second-order valence-corrected chi connectivity index (χ2v) is 6.17. The number of aromatic hydroxyl groups is 1. The Morgan fingerprint density at radius 1 is 1.12 bits per heavy atom. The Morgan fingerprint density at radius 3 is 2.54 bits per heavy atom. The monoisotopic (exact) mass is 325 g/mol. The first-order valence-corrected chi connectivity index (χ1v) is 8.35. The molecule has 1 aliphatic heterocycles. The zero-order valence-electron chi connectivity index (χ0n) is 13.9. The largest absolute Gasteiger partial charge is 0.507 e. The van der Waals surface area contributed by atoms with Gasteiger partial charge in [-0.15, -0.1) is 0 Å². The van der Waals surface area contributed by atoms with Crippen molar-refractivity contribution in [1.29, 1.82) is 0 Å². The Balaban J connectivity index is 1.91. The fourth-order valence-corrected chi connectivity index (χ4v) is 3.17. The van der Waals surface area contributed by atoms with E-state index in [4.69, 9.17) is 4.74 Å². The fraction of sp³-hybridized carbons (Fsp3) is 0.350. The molecule has 1 saturated heterocycles. The van der Waals surface area contributed by atoms with Gasteiger partial charge in [0.1, 0.15) is 5.75 Å². The van der Waals surface area contributed by atoms with E-state index in [1.54, 1.807) is 0 Å². The van der Waals surface area contributed by atoms with Crippen molar-refractivity contribution >= 4 is 5.91 Å². The van der Waals surface area contributed by atoms with Gasteiger partial charge in [0.05, 0.1) is 13.2 Å². The first-order chi connectivity index (χ1) is 11.7. The highest BCUT2D eigenvalue weighted by molar-refractivity contribution is 5.78. The van der Waals surface area contributed by atoms with E-state index in [1.165, 1.54) is 0 Å². The smallest absolute Gasteiger partial charge is 0.223 e. The number of morpholine rings is 1. The van der Waals surface area contributed by atoms with E-state index in [2.05, 4.69) is 0 Å². The highest BCUT2D eigenvalue weighted by atomic mass is 16.5. The van der Waals surface area contributed by atoms with Crippen LogP contribution in [0.5, 0.6) is 5.75 Å². The van der Waals surface area contributed by atoms with E-state index in [0.717, 1.165) is 16.7 Å². The number of ether oxygens (including phenoxy) is 1. The molecule has 2 aromatic rings. The third-order valence-electron chi connectivity index (χ3n) is 4.59. The van der Waals surface area contributed by atoms with Crippen LogP contribution in [-0.4, -0.2) is 42.2 Å². The fourth-order valence-electron chi connectivity index (χ4n) is 3.17. The summed E-state index contributed by atoms with van der Waals surface area (Å²) in [6.45, 7) is 4.35. The molecule has 126 valence electrons. The molecule has 0 saturated carbocycles. The summed E-state index contributed by atoms with van der Waals surface area (Å²) in [5.74, 6) is 0.232. The zero-order chi connectivity index (χ0) is 16.9. The molecular weight excluding hydrogens is 302 g/mol. The molecule has 1 atom stereocenters. The van der Waals surface area contributed by atoms with Crippen LogP contribution in [0.4, 0.5) is 0 Å². The number of nitrogens with zero attached hydrogens (tertiary/aromatic N) is 1. The van der Waals surface area contributed by atoms with Crippen LogP contribution in [0.15, 0.2) is 48.5 Å². The lowest BCUT2D eigenvalue weighted by Crippen LogP contribution is -2.41. The second kappa shape index (κ2) is 7.49. The predicted octanol–water partition coefficient (Wildman–Crippen LogP) is 3.08. The first kappa shape index (κ1) is 16.5. The first-order valence-electron chi connectivity index (χ1n) is 8.35. The highest BCUT2D eigenvalue weighted by Gasteiger charge is 2.25. The van der Waals surface area contributed by atoms with Crippen molar-refractivity contribution in [3.05, 3.63) is 65.2 Å². The van der Waals surface area contributed by atoms with Crippen molar-refractivity contribution in [2.75, 3.05) is 26.3 Å². The van der Waals surface area contributed by atoms with Gasteiger partial charge in [-0.2, -0.15) is 0 Å². The molecule has 1 amide bonds. The molecule has 0 radical (unpaired) electrons. The molecular formula is C20H23NO3. The molecule has 0 spiro atoms.